The number of H-pyrrole nitrogens is 2. The first-order chi connectivity index (χ1) is 35.3. The fourth-order valence-corrected chi connectivity index (χ4v) is 16.4. The number of nitrogens with zero attached hydrogens (tertiary/aromatic N) is 6. The Hall–Kier alpha value is -2.82. The lowest BCUT2D eigenvalue weighted by Gasteiger charge is -2.58. The largest absolute Gasteiger partial charge is 0.472 e. The molecule has 6 heterocycles. The third kappa shape index (κ3) is 11.2. The maximum Gasteiger partial charge on any atom is 0.472 e. The van der Waals surface area contributed by atoms with Gasteiger partial charge in [0, 0.05) is 20.0 Å². The van der Waals surface area contributed by atoms with Crippen molar-refractivity contribution in [3.63, 3.8) is 0 Å². The lowest BCUT2D eigenvalue weighted by molar-refractivity contribution is -0.0607. The van der Waals surface area contributed by atoms with E-state index in [0.717, 1.165) is 36.5 Å². The van der Waals surface area contributed by atoms with Crippen molar-refractivity contribution in [1.29, 1.82) is 0 Å². The number of aliphatic hydroxyl groups excluding tert-OH is 1. The van der Waals surface area contributed by atoms with Gasteiger partial charge in [-0.3, -0.25) is 18.2 Å². The van der Waals surface area contributed by atoms with Crippen LogP contribution in [0.15, 0.2) is 24.3 Å². The van der Waals surface area contributed by atoms with Crippen molar-refractivity contribution in [1.82, 2.24) is 39.0 Å². The van der Waals surface area contributed by atoms with E-state index >= 15 is 0 Å². The number of hydrogen-bond donors (Lipinski definition) is 6. The molecule has 24 heteroatoms. The van der Waals surface area contributed by atoms with Crippen molar-refractivity contribution in [2.45, 2.75) is 175 Å². The molecule has 20 nitrogen and oxygen atoms in total. The van der Waals surface area contributed by atoms with Crippen LogP contribution >= 0.6 is 40.9 Å². The summed E-state index contributed by atoms with van der Waals surface area (Å²) in [4.78, 5) is 34.4. The highest BCUT2D eigenvalue weighted by molar-refractivity contribution is 7.71. The standard InChI is InChI=1S/C48H72N10O10P2S2.C2H6/c1-25(2)8-7-9-26(3)30-12-13-31-29-11-10-27-18-28(14-16-47(27,4)32(29)15-17-48(30,31)5)68-70(60,61)64-22-36-34(20-38(66-36)58-24-52-40-42(58)54-46(50)56-44(40)72)67-69(62-6)63-21-35-33(59)19-37(65-35)57-23-51-39-41(57)53-45(49)55-43(39)71;1-2/h10,23-26,28-38,59H,7-9,11-22H2,1-6H3,(H,60,61)(H3,49,53,55,71)(H3,50,54,56,72);1-2H3/t26-,28?,29?,30?,31?,32?,33?,34?,35?,36?,37?,38?,47?,48?,69?;/m1./s1. The zero-order valence-electron chi connectivity index (χ0n) is 44.1. The van der Waals surface area contributed by atoms with Crippen molar-refractivity contribution in [2.24, 2.45) is 46.3 Å². The maximum absolute atomic E-state index is 13.9. The highest BCUT2D eigenvalue weighted by Gasteiger charge is 2.59. The number of fused-ring (bicyclic) bond motifs is 7. The molecule has 0 spiro atoms. The fraction of sp³-hybridized carbons (Fsp3) is 0.760. The predicted octanol–water partition coefficient (Wildman–Crippen LogP) is 10.9. The second-order valence-electron chi connectivity index (χ2n) is 22.2. The molecular formula is C50H78N10O10P2S2. The highest BCUT2D eigenvalue weighted by atomic mass is 32.1. The van der Waals surface area contributed by atoms with Gasteiger partial charge in [0.15, 0.2) is 21.2 Å². The summed E-state index contributed by atoms with van der Waals surface area (Å²) in [7, 11) is -5.24. The molecule has 3 saturated carbocycles. The number of aromatic nitrogens is 8. The van der Waals surface area contributed by atoms with Crippen molar-refractivity contribution in [3.8, 4) is 0 Å². The minimum atomic E-state index is -4.60. The number of anilines is 2. The number of allylic oxidation sites excluding steroid dienone is 1. The number of aliphatic hydroxyl groups is 1. The molecule has 0 bridgehead atoms. The van der Waals surface area contributed by atoms with Crippen LogP contribution in [0.5, 0.6) is 0 Å². The predicted molar refractivity (Wildman–Crippen MR) is 287 cm³/mol. The van der Waals surface area contributed by atoms with Gasteiger partial charge in [0.05, 0.1) is 44.2 Å². The molecule has 2 saturated heterocycles. The molecule has 10 rings (SSSR count). The van der Waals surface area contributed by atoms with E-state index in [4.69, 9.17) is 68.0 Å². The average Bonchev–Trinajstić information content (AvgIpc) is 4.20. The van der Waals surface area contributed by atoms with Gasteiger partial charge in [0.2, 0.25) is 0 Å². The van der Waals surface area contributed by atoms with Gasteiger partial charge in [-0.1, -0.05) is 104 Å². The van der Waals surface area contributed by atoms with E-state index < -0.39 is 59.4 Å². The van der Waals surface area contributed by atoms with Gasteiger partial charge in [-0.05, 0) is 97.7 Å². The topological polar surface area (TPSA) is 267 Å². The van der Waals surface area contributed by atoms with E-state index in [1.807, 2.05) is 13.8 Å². The summed E-state index contributed by atoms with van der Waals surface area (Å²) in [5.41, 5.74) is 15.7. The number of hydrogen-bond acceptors (Lipinski definition) is 17. The highest BCUT2D eigenvalue weighted by Crippen LogP contribution is 2.68. The molecule has 0 radical (unpaired) electrons. The van der Waals surface area contributed by atoms with Crippen LogP contribution in [-0.2, 0) is 36.7 Å². The second kappa shape index (κ2) is 22.9. The SMILES string of the molecule is CC.COP(OCC1OC(n2cnc3c(=S)nc(N)[nH]c32)CC1O)OC1CC(n2cnc3c(=S)nc(N)[nH]c32)OC1COP(=O)(O)OC1CCC2(C)C(=CCC3C2CCC2(C)C3CCC2[C@H](C)CCCC(C)C)C1. The molecule has 0 aromatic carbocycles. The molecule has 0 amide bonds. The van der Waals surface area contributed by atoms with Crippen molar-refractivity contribution in [2.75, 3.05) is 31.8 Å². The van der Waals surface area contributed by atoms with Gasteiger partial charge in [-0.25, -0.2) is 24.5 Å². The molecular weight excluding hydrogens is 1030 g/mol. The molecule has 74 heavy (non-hydrogen) atoms. The Morgan fingerprint density at radius 1 is 0.905 bits per heavy atom. The minimum Gasteiger partial charge on any atom is -0.390 e. The maximum atomic E-state index is 13.9. The van der Waals surface area contributed by atoms with Gasteiger partial charge in [-0.15, -0.1) is 0 Å². The van der Waals surface area contributed by atoms with E-state index in [1.54, 1.807) is 21.8 Å². The van der Waals surface area contributed by atoms with Gasteiger partial charge < -0.3 is 54.5 Å². The molecule has 15 unspecified atom stereocenters. The third-order valence-electron chi connectivity index (χ3n) is 17.6. The van der Waals surface area contributed by atoms with Crippen molar-refractivity contribution >= 4 is 75.1 Å². The number of ether oxygens (including phenoxy) is 2. The Morgan fingerprint density at radius 3 is 2.20 bits per heavy atom. The van der Waals surface area contributed by atoms with Crippen LogP contribution in [0, 0.1) is 55.6 Å². The lowest BCUT2D eigenvalue weighted by Crippen LogP contribution is -2.51. The minimum absolute atomic E-state index is 0.0477. The zero-order chi connectivity index (χ0) is 52.9. The number of nitrogens with one attached hydrogen (secondary N) is 2. The summed E-state index contributed by atoms with van der Waals surface area (Å²) in [5, 5.41) is 11.1. The summed E-state index contributed by atoms with van der Waals surface area (Å²) in [6.07, 6.45) is 13.3. The Bertz CT molecular complexity index is 2810. The fourth-order valence-electron chi connectivity index (χ4n) is 14.0. The van der Waals surface area contributed by atoms with Crippen LogP contribution in [-0.4, -0.2) is 99.9 Å². The van der Waals surface area contributed by atoms with Gasteiger partial charge in [0.25, 0.3) is 0 Å². The number of phosphoric acid groups is 1. The number of rotatable bonds is 18. The molecule has 4 aliphatic carbocycles. The van der Waals surface area contributed by atoms with Crippen molar-refractivity contribution < 1.29 is 46.7 Å². The molecule has 4 aromatic heterocycles. The summed E-state index contributed by atoms with van der Waals surface area (Å²) < 4.78 is 60.7. The Labute approximate surface area is 445 Å². The summed E-state index contributed by atoms with van der Waals surface area (Å²) >= 11 is 10.8. The normalized spacial score (nSPS) is 34.4. The summed E-state index contributed by atoms with van der Waals surface area (Å²) in [6.45, 7) is 15.8. The number of nitrogens with two attached hydrogens (primary N) is 2. The molecule has 2 aliphatic heterocycles. The number of aromatic amines is 2. The van der Waals surface area contributed by atoms with Crippen molar-refractivity contribution in [3.05, 3.63) is 33.6 Å². The van der Waals surface area contributed by atoms with Crippen LogP contribution in [0.3, 0.4) is 0 Å². The Morgan fingerprint density at radius 2 is 1.55 bits per heavy atom. The second-order valence-corrected chi connectivity index (χ2v) is 25.7. The van der Waals surface area contributed by atoms with Crippen LogP contribution in [0.2, 0.25) is 0 Å². The monoisotopic (exact) mass is 1100 g/mol. The van der Waals surface area contributed by atoms with E-state index in [9.17, 15) is 14.6 Å². The quantitative estimate of drug-likeness (QED) is 0.0307. The van der Waals surface area contributed by atoms with Gasteiger partial charge in [0.1, 0.15) is 47.0 Å². The lowest BCUT2D eigenvalue weighted by atomic mass is 9.47. The first-order valence-corrected chi connectivity index (χ1v) is 30.2. The summed E-state index contributed by atoms with van der Waals surface area (Å²) in [6, 6.07) is 0. The van der Waals surface area contributed by atoms with E-state index in [2.05, 4.69) is 70.6 Å². The average molecular weight is 1110 g/mol. The smallest absolute Gasteiger partial charge is 0.390 e. The van der Waals surface area contributed by atoms with E-state index in [1.165, 1.54) is 57.6 Å². The van der Waals surface area contributed by atoms with Crippen LogP contribution in [0.1, 0.15) is 144 Å². The molecule has 410 valence electrons. The zero-order valence-corrected chi connectivity index (χ0v) is 47.5. The van der Waals surface area contributed by atoms with Crippen LogP contribution in [0.25, 0.3) is 22.3 Å². The van der Waals surface area contributed by atoms with Crippen LogP contribution in [0.4, 0.5) is 11.9 Å². The Kier molecular flexibility index (Phi) is 17.3. The van der Waals surface area contributed by atoms with Crippen LogP contribution < -0.4 is 11.5 Å². The van der Waals surface area contributed by atoms with Gasteiger partial charge >= 0.3 is 16.4 Å². The molecule has 5 fully saturated rings. The first kappa shape index (κ1) is 55.9. The molecule has 4 aromatic rings. The number of nitrogen functional groups attached to an aromatic ring is 2. The molecule has 6 aliphatic rings. The molecule has 8 N–H and O–H groups in total. The number of phosphoric ester groups is 1. The Balaban J connectivity index is 0.00000332. The summed E-state index contributed by atoms with van der Waals surface area (Å²) in [5.74, 6) is 4.60. The first-order valence-electron chi connectivity index (χ1n) is 26.8. The van der Waals surface area contributed by atoms with Gasteiger partial charge in [-0.2, -0.15) is 0 Å². The van der Waals surface area contributed by atoms with E-state index in [0.29, 0.717) is 52.4 Å². The number of imidazole rings is 2. The van der Waals surface area contributed by atoms with E-state index in [-0.39, 0.29) is 52.6 Å². The third-order valence-corrected chi connectivity index (χ3v) is 20.3. The molecule has 16 atom stereocenters.